The van der Waals surface area contributed by atoms with Crippen molar-refractivity contribution in [2.45, 2.75) is 32.8 Å². The maximum Gasteiger partial charge on any atom is 0.255 e. The third kappa shape index (κ3) is 4.98. The van der Waals surface area contributed by atoms with Gasteiger partial charge in [-0.05, 0) is 67.0 Å². The molecule has 0 radical (unpaired) electrons. The molecule has 2 aliphatic carbocycles. The molecule has 0 spiro atoms. The minimum atomic E-state index is -0.202. The minimum Gasteiger partial charge on any atom is -0.376 e. The predicted octanol–water partition coefficient (Wildman–Crippen LogP) is 4.46. The average molecular weight is 378 g/mol. The standard InChI is InChI=1S/C23H26N2O3/c1-15-10-21(15)23(27)25-20-7-3-5-18(12-20)22(26)24-19-6-2-4-17(11-19)14-28-13-16-8-9-16/h2-7,11-12,15-16,21H,8-10,13-14H2,1H3,(H,24,26)(H,25,27). The zero-order valence-corrected chi connectivity index (χ0v) is 16.1. The number of carbonyl (C=O) groups is 2. The zero-order valence-electron chi connectivity index (χ0n) is 16.1. The highest BCUT2D eigenvalue weighted by Crippen LogP contribution is 2.38. The number of benzene rings is 2. The molecule has 0 saturated heterocycles. The summed E-state index contributed by atoms with van der Waals surface area (Å²) in [6, 6.07) is 14.8. The topological polar surface area (TPSA) is 67.4 Å². The van der Waals surface area contributed by atoms with Crippen LogP contribution in [0.25, 0.3) is 0 Å². The molecule has 0 aromatic heterocycles. The van der Waals surface area contributed by atoms with Crippen molar-refractivity contribution in [2.24, 2.45) is 17.8 Å². The Morgan fingerprint density at radius 3 is 2.46 bits per heavy atom. The molecule has 0 bridgehead atoms. The first-order valence-electron chi connectivity index (χ1n) is 9.97. The van der Waals surface area contributed by atoms with Crippen molar-refractivity contribution in [3.05, 3.63) is 59.7 Å². The van der Waals surface area contributed by atoms with Gasteiger partial charge in [0.25, 0.3) is 5.91 Å². The van der Waals surface area contributed by atoms with E-state index >= 15 is 0 Å². The summed E-state index contributed by atoms with van der Waals surface area (Å²) >= 11 is 0. The molecule has 2 amide bonds. The fourth-order valence-electron chi connectivity index (χ4n) is 3.23. The quantitative estimate of drug-likeness (QED) is 0.713. The van der Waals surface area contributed by atoms with Crippen molar-refractivity contribution in [3.8, 4) is 0 Å². The molecular formula is C23H26N2O3. The Bertz CT molecular complexity index is 876. The Labute approximate surface area is 165 Å². The van der Waals surface area contributed by atoms with Gasteiger partial charge in [-0.1, -0.05) is 25.1 Å². The van der Waals surface area contributed by atoms with Gasteiger partial charge in [0.15, 0.2) is 0 Å². The first-order chi connectivity index (χ1) is 13.6. The van der Waals surface area contributed by atoms with Crippen molar-refractivity contribution >= 4 is 23.2 Å². The van der Waals surface area contributed by atoms with Crippen LogP contribution in [0.1, 0.15) is 42.1 Å². The highest BCUT2D eigenvalue weighted by Gasteiger charge is 2.39. The van der Waals surface area contributed by atoms with Gasteiger partial charge in [0.2, 0.25) is 5.91 Å². The lowest BCUT2D eigenvalue weighted by atomic mass is 10.1. The number of hydrogen-bond acceptors (Lipinski definition) is 3. The number of nitrogens with one attached hydrogen (secondary N) is 2. The van der Waals surface area contributed by atoms with E-state index in [0.717, 1.165) is 30.2 Å². The summed E-state index contributed by atoms with van der Waals surface area (Å²) in [7, 11) is 0. The SMILES string of the molecule is CC1CC1C(=O)Nc1cccc(C(=O)Nc2cccc(COCC3CC3)c2)c1. The highest BCUT2D eigenvalue weighted by atomic mass is 16.5. The van der Waals surface area contributed by atoms with Crippen LogP contribution in [0.3, 0.4) is 0 Å². The number of amides is 2. The predicted molar refractivity (Wildman–Crippen MR) is 109 cm³/mol. The summed E-state index contributed by atoms with van der Waals surface area (Å²) in [5, 5.41) is 5.83. The normalized spacial score (nSPS) is 20.5. The van der Waals surface area contributed by atoms with E-state index in [9.17, 15) is 9.59 Å². The Hall–Kier alpha value is -2.66. The van der Waals surface area contributed by atoms with Crippen molar-refractivity contribution < 1.29 is 14.3 Å². The summed E-state index contributed by atoms with van der Waals surface area (Å²) in [6.07, 6.45) is 3.48. The van der Waals surface area contributed by atoms with Crippen LogP contribution in [0.5, 0.6) is 0 Å². The van der Waals surface area contributed by atoms with E-state index < -0.39 is 0 Å². The van der Waals surface area contributed by atoms with E-state index in [0.29, 0.717) is 23.8 Å². The number of anilines is 2. The van der Waals surface area contributed by atoms with E-state index in [1.807, 2.05) is 24.3 Å². The van der Waals surface area contributed by atoms with Crippen LogP contribution >= 0.6 is 0 Å². The first-order valence-corrected chi connectivity index (χ1v) is 9.97. The van der Waals surface area contributed by atoms with Gasteiger partial charge in [-0.3, -0.25) is 9.59 Å². The van der Waals surface area contributed by atoms with Crippen LogP contribution in [0.15, 0.2) is 48.5 Å². The van der Waals surface area contributed by atoms with E-state index in [4.69, 9.17) is 4.74 Å². The third-order valence-electron chi connectivity index (χ3n) is 5.34. The molecule has 146 valence electrons. The summed E-state index contributed by atoms with van der Waals surface area (Å²) in [5.74, 6) is 1.11. The molecule has 2 saturated carbocycles. The number of rotatable bonds is 8. The first kappa shape index (κ1) is 18.7. The Morgan fingerprint density at radius 1 is 1.04 bits per heavy atom. The van der Waals surface area contributed by atoms with Gasteiger partial charge in [0.05, 0.1) is 6.61 Å². The number of ether oxygens (including phenoxy) is 1. The van der Waals surface area contributed by atoms with Gasteiger partial charge >= 0.3 is 0 Å². The molecule has 2 unspecified atom stereocenters. The molecule has 2 atom stereocenters. The van der Waals surface area contributed by atoms with Gasteiger partial charge in [-0.15, -0.1) is 0 Å². The molecule has 2 aromatic carbocycles. The largest absolute Gasteiger partial charge is 0.376 e. The molecule has 0 aliphatic heterocycles. The molecule has 5 nitrogen and oxygen atoms in total. The summed E-state index contributed by atoms with van der Waals surface area (Å²) in [6.45, 7) is 3.44. The van der Waals surface area contributed by atoms with Gasteiger partial charge in [0, 0.05) is 29.5 Å². The smallest absolute Gasteiger partial charge is 0.255 e. The highest BCUT2D eigenvalue weighted by molar-refractivity contribution is 6.05. The number of hydrogen-bond donors (Lipinski definition) is 2. The van der Waals surface area contributed by atoms with Gasteiger partial charge in [-0.2, -0.15) is 0 Å². The fourth-order valence-corrected chi connectivity index (χ4v) is 3.23. The van der Waals surface area contributed by atoms with Gasteiger partial charge in [0.1, 0.15) is 0 Å². The van der Waals surface area contributed by atoms with Gasteiger partial charge < -0.3 is 15.4 Å². The molecule has 4 rings (SSSR count). The Morgan fingerprint density at radius 2 is 1.75 bits per heavy atom. The second kappa shape index (κ2) is 8.15. The van der Waals surface area contributed by atoms with E-state index in [1.165, 1.54) is 12.8 Å². The molecule has 2 N–H and O–H groups in total. The molecule has 2 aromatic rings. The minimum absolute atomic E-state index is 0.0314. The molecule has 28 heavy (non-hydrogen) atoms. The van der Waals surface area contributed by atoms with E-state index in [1.54, 1.807) is 24.3 Å². The zero-order chi connectivity index (χ0) is 19.5. The van der Waals surface area contributed by atoms with Crippen molar-refractivity contribution in [2.75, 3.05) is 17.2 Å². The van der Waals surface area contributed by atoms with Crippen LogP contribution in [-0.4, -0.2) is 18.4 Å². The summed E-state index contributed by atoms with van der Waals surface area (Å²) < 4.78 is 5.72. The second-order valence-corrected chi connectivity index (χ2v) is 8.00. The molecule has 2 aliphatic rings. The van der Waals surface area contributed by atoms with E-state index in [2.05, 4.69) is 17.6 Å². The second-order valence-electron chi connectivity index (χ2n) is 8.00. The van der Waals surface area contributed by atoms with Crippen LogP contribution in [0, 0.1) is 17.8 Å². The number of carbonyl (C=O) groups excluding carboxylic acids is 2. The molecular weight excluding hydrogens is 352 g/mol. The molecule has 0 heterocycles. The Kier molecular flexibility index (Phi) is 5.44. The lowest BCUT2D eigenvalue weighted by Gasteiger charge is -2.10. The maximum atomic E-state index is 12.6. The van der Waals surface area contributed by atoms with Crippen LogP contribution in [0.2, 0.25) is 0 Å². The van der Waals surface area contributed by atoms with Crippen molar-refractivity contribution in [3.63, 3.8) is 0 Å². The Balaban J connectivity index is 1.35. The lowest BCUT2D eigenvalue weighted by molar-refractivity contribution is -0.117. The van der Waals surface area contributed by atoms with Crippen LogP contribution < -0.4 is 10.6 Å². The summed E-state index contributed by atoms with van der Waals surface area (Å²) in [5.41, 5.74) is 2.94. The maximum absolute atomic E-state index is 12.6. The van der Waals surface area contributed by atoms with Crippen LogP contribution in [-0.2, 0) is 16.1 Å². The molecule has 5 heteroatoms. The lowest BCUT2D eigenvalue weighted by Crippen LogP contribution is -2.16. The van der Waals surface area contributed by atoms with Gasteiger partial charge in [-0.25, -0.2) is 0 Å². The van der Waals surface area contributed by atoms with Crippen LogP contribution in [0.4, 0.5) is 11.4 Å². The molecule has 2 fully saturated rings. The third-order valence-corrected chi connectivity index (χ3v) is 5.34. The van der Waals surface area contributed by atoms with E-state index in [-0.39, 0.29) is 17.7 Å². The fraction of sp³-hybridized carbons (Fsp3) is 0.391. The van der Waals surface area contributed by atoms with Crippen molar-refractivity contribution in [1.29, 1.82) is 0 Å². The average Bonchev–Trinajstić information content (AvgIpc) is 3.60. The summed E-state index contributed by atoms with van der Waals surface area (Å²) in [4.78, 5) is 24.7. The monoisotopic (exact) mass is 378 g/mol. The van der Waals surface area contributed by atoms with Crippen molar-refractivity contribution in [1.82, 2.24) is 0 Å².